The second-order valence-corrected chi connectivity index (χ2v) is 6.21. The van der Waals surface area contributed by atoms with Gasteiger partial charge in [0.25, 0.3) is 0 Å². The molecule has 1 aromatic heterocycles. The highest BCUT2D eigenvalue weighted by atomic mass is 32.2. The molecule has 1 nitrogen and oxygen atoms in total. The van der Waals surface area contributed by atoms with Gasteiger partial charge in [-0.2, -0.15) is 12.6 Å². The predicted molar refractivity (Wildman–Crippen MR) is 73.4 cm³/mol. The Labute approximate surface area is 104 Å². The van der Waals surface area contributed by atoms with Crippen LogP contribution in [0.5, 0.6) is 0 Å². The molecule has 0 amide bonds. The zero-order valence-electron chi connectivity index (χ0n) is 8.51. The first-order chi connectivity index (χ1) is 7.29. The monoisotopic (exact) mass is 255 g/mol. The molecule has 0 saturated heterocycles. The largest absolute Gasteiger partial charge is 0.230 e. The highest BCUT2D eigenvalue weighted by Crippen LogP contribution is 2.30. The molecule has 1 unspecified atom stereocenters. The third-order valence-corrected chi connectivity index (χ3v) is 5.21. The van der Waals surface area contributed by atoms with Gasteiger partial charge in [0.1, 0.15) is 0 Å². The van der Waals surface area contributed by atoms with Crippen molar-refractivity contribution < 1.29 is 0 Å². The molecule has 2 rings (SSSR count). The number of benzene rings is 1. The maximum atomic E-state index is 4.58. The lowest BCUT2D eigenvalue weighted by atomic mass is 10.3. The molecule has 0 saturated carbocycles. The molecule has 15 heavy (non-hydrogen) atoms. The molecular formula is C11H13NS3. The van der Waals surface area contributed by atoms with Crippen LogP contribution in [0.15, 0.2) is 28.6 Å². The van der Waals surface area contributed by atoms with Crippen LogP contribution < -0.4 is 0 Å². The van der Waals surface area contributed by atoms with Gasteiger partial charge >= 0.3 is 0 Å². The second-order valence-electron chi connectivity index (χ2n) is 3.55. The smallest absolute Gasteiger partial charge is 0.151 e. The van der Waals surface area contributed by atoms with Crippen molar-refractivity contribution in [2.45, 2.75) is 11.3 Å². The first kappa shape index (κ1) is 11.3. The summed E-state index contributed by atoms with van der Waals surface area (Å²) in [5.74, 6) is 2.69. The summed E-state index contributed by atoms with van der Waals surface area (Å²) in [6.45, 7) is 2.22. The van der Waals surface area contributed by atoms with Crippen LogP contribution >= 0.6 is 35.7 Å². The molecule has 80 valence electrons. The van der Waals surface area contributed by atoms with Gasteiger partial charge in [0.15, 0.2) is 4.34 Å². The van der Waals surface area contributed by atoms with Crippen LogP contribution in [-0.2, 0) is 0 Å². The summed E-state index contributed by atoms with van der Waals surface area (Å²) in [6, 6.07) is 8.29. The Bertz CT molecular complexity index is 405. The molecule has 0 N–H and O–H groups in total. The molecular weight excluding hydrogens is 242 g/mol. The Morgan fingerprint density at radius 1 is 1.47 bits per heavy atom. The Balaban J connectivity index is 2.09. The van der Waals surface area contributed by atoms with Gasteiger partial charge in [-0.05, 0) is 23.8 Å². The van der Waals surface area contributed by atoms with Gasteiger partial charge in [0.2, 0.25) is 0 Å². The number of aromatic nitrogens is 1. The van der Waals surface area contributed by atoms with Gasteiger partial charge in [-0.3, -0.25) is 0 Å². The molecule has 0 fully saturated rings. The van der Waals surface area contributed by atoms with Crippen LogP contribution in [0, 0.1) is 5.92 Å². The molecule has 1 atom stereocenters. The maximum Gasteiger partial charge on any atom is 0.151 e. The van der Waals surface area contributed by atoms with Crippen LogP contribution in [-0.4, -0.2) is 16.5 Å². The van der Waals surface area contributed by atoms with Gasteiger partial charge < -0.3 is 0 Å². The summed E-state index contributed by atoms with van der Waals surface area (Å²) in [6.07, 6.45) is 0. The van der Waals surface area contributed by atoms with Crippen LogP contribution in [0.4, 0.5) is 0 Å². The lowest BCUT2D eigenvalue weighted by Crippen LogP contribution is -1.98. The van der Waals surface area contributed by atoms with E-state index in [1.54, 1.807) is 11.3 Å². The summed E-state index contributed by atoms with van der Waals surface area (Å²) in [7, 11) is 0. The van der Waals surface area contributed by atoms with E-state index >= 15 is 0 Å². The first-order valence-electron chi connectivity index (χ1n) is 4.89. The van der Waals surface area contributed by atoms with Crippen LogP contribution in [0.2, 0.25) is 0 Å². The minimum absolute atomic E-state index is 0.644. The van der Waals surface area contributed by atoms with E-state index < -0.39 is 0 Å². The van der Waals surface area contributed by atoms with Gasteiger partial charge in [-0.1, -0.05) is 30.8 Å². The number of para-hydroxylation sites is 1. The predicted octanol–water partition coefficient (Wildman–Crippen LogP) is 3.95. The molecule has 0 spiro atoms. The van der Waals surface area contributed by atoms with E-state index in [9.17, 15) is 0 Å². The van der Waals surface area contributed by atoms with Crippen molar-refractivity contribution in [1.82, 2.24) is 4.98 Å². The van der Waals surface area contributed by atoms with Gasteiger partial charge in [0.05, 0.1) is 10.2 Å². The standard InChI is InChI=1S/C11H13NS3/c1-8(6-13)7-14-11-12-9-4-2-3-5-10(9)15-11/h2-5,8,13H,6-7H2,1H3. The van der Waals surface area contributed by atoms with Crippen molar-refractivity contribution in [2.24, 2.45) is 5.92 Å². The molecule has 0 aliphatic carbocycles. The first-order valence-corrected chi connectivity index (χ1v) is 7.32. The number of nitrogens with zero attached hydrogens (tertiary/aromatic N) is 1. The van der Waals surface area contributed by atoms with Crippen molar-refractivity contribution in [3.8, 4) is 0 Å². The average molecular weight is 255 g/mol. The van der Waals surface area contributed by atoms with E-state index in [1.807, 2.05) is 17.8 Å². The number of hydrogen-bond donors (Lipinski definition) is 1. The highest BCUT2D eigenvalue weighted by Gasteiger charge is 2.05. The molecule has 0 aliphatic heterocycles. The van der Waals surface area contributed by atoms with Gasteiger partial charge in [0, 0.05) is 5.75 Å². The van der Waals surface area contributed by atoms with E-state index in [2.05, 4.69) is 42.7 Å². The average Bonchev–Trinajstić information content (AvgIpc) is 2.68. The number of hydrogen-bond acceptors (Lipinski definition) is 4. The highest BCUT2D eigenvalue weighted by molar-refractivity contribution is 8.01. The summed E-state index contributed by atoms with van der Waals surface area (Å²) < 4.78 is 2.45. The fourth-order valence-electron chi connectivity index (χ4n) is 1.18. The molecule has 4 heteroatoms. The van der Waals surface area contributed by atoms with Crippen LogP contribution in [0.25, 0.3) is 10.2 Å². The number of thiazole rings is 1. The molecule has 1 heterocycles. The third-order valence-electron chi connectivity index (χ3n) is 2.08. The lowest BCUT2D eigenvalue weighted by molar-refractivity contribution is 0.766. The SMILES string of the molecule is CC(CS)CSc1nc2ccccc2s1. The number of fused-ring (bicyclic) bond motifs is 1. The Hall–Kier alpha value is -0.190. The normalized spacial score (nSPS) is 13.2. The maximum absolute atomic E-state index is 4.58. The van der Waals surface area contributed by atoms with E-state index in [0.29, 0.717) is 5.92 Å². The Morgan fingerprint density at radius 2 is 2.27 bits per heavy atom. The number of rotatable bonds is 4. The third kappa shape index (κ3) is 2.89. The van der Waals surface area contributed by atoms with Crippen LogP contribution in [0.1, 0.15) is 6.92 Å². The fraction of sp³-hybridized carbons (Fsp3) is 0.364. The molecule has 0 radical (unpaired) electrons. The van der Waals surface area contributed by atoms with Crippen molar-refractivity contribution in [1.29, 1.82) is 0 Å². The van der Waals surface area contributed by atoms with Crippen molar-refractivity contribution >= 4 is 45.9 Å². The summed E-state index contributed by atoms with van der Waals surface area (Å²) in [4.78, 5) is 4.58. The summed E-state index contributed by atoms with van der Waals surface area (Å²) in [5, 5.41) is 0. The fourth-order valence-corrected chi connectivity index (χ4v) is 3.60. The molecule has 0 bridgehead atoms. The zero-order chi connectivity index (χ0) is 10.7. The Kier molecular flexibility index (Phi) is 3.94. The van der Waals surface area contributed by atoms with E-state index in [-0.39, 0.29) is 0 Å². The minimum Gasteiger partial charge on any atom is -0.230 e. The summed E-state index contributed by atoms with van der Waals surface area (Å²) in [5.41, 5.74) is 1.11. The topological polar surface area (TPSA) is 12.9 Å². The van der Waals surface area contributed by atoms with Crippen molar-refractivity contribution in [3.63, 3.8) is 0 Å². The van der Waals surface area contributed by atoms with Crippen molar-refractivity contribution in [3.05, 3.63) is 24.3 Å². The molecule has 2 aromatic rings. The van der Waals surface area contributed by atoms with Gasteiger partial charge in [-0.15, -0.1) is 11.3 Å². The quantitative estimate of drug-likeness (QED) is 0.656. The van der Waals surface area contributed by atoms with Crippen molar-refractivity contribution in [2.75, 3.05) is 11.5 Å². The number of thioether (sulfide) groups is 1. The van der Waals surface area contributed by atoms with Gasteiger partial charge in [-0.25, -0.2) is 4.98 Å². The van der Waals surface area contributed by atoms with E-state index in [4.69, 9.17) is 0 Å². The van der Waals surface area contributed by atoms with Crippen LogP contribution in [0.3, 0.4) is 0 Å². The lowest BCUT2D eigenvalue weighted by Gasteiger charge is -2.03. The number of thiol groups is 1. The second kappa shape index (κ2) is 5.23. The summed E-state index contributed by atoms with van der Waals surface area (Å²) >= 11 is 7.90. The Morgan fingerprint density at radius 3 is 3.00 bits per heavy atom. The van der Waals surface area contributed by atoms with E-state index in [1.165, 1.54) is 9.04 Å². The van der Waals surface area contributed by atoms with E-state index in [0.717, 1.165) is 17.0 Å². The molecule has 1 aromatic carbocycles. The molecule has 0 aliphatic rings. The zero-order valence-corrected chi connectivity index (χ0v) is 11.0. The minimum atomic E-state index is 0.644.